The normalized spacial score (nSPS) is 10.3. The van der Waals surface area contributed by atoms with E-state index in [4.69, 9.17) is 0 Å². The molecule has 0 atom stereocenters. The molecule has 3 heteroatoms. The molecule has 0 amide bonds. The van der Waals surface area contributed by atoms with Gasteiger partial charge in [-0.2, -0.15) is 0 Å². The van der Waals surface area contributed by atoms with E-state index in [1.165, 1.54) is 11.1 Å². The first-order chi connectivity index (χ1) is 8.97. The maximum atomic E-state index is 11.2. The zero-order chi connectivity index (χ0) is 14.0. The molecule has 0 radical (unpaired) electrons. The third kappa shape index (κ3) is 2.94. The Morgan fingerprint density at radius 1 is 1.00 bits per heavy atom. The molecular weight excluding hydrogens is 238 g/mol. The minimum absolute atomic E-state index is 0.290. The van der Waals surface area contributed by atoms with Crippen LogP contribution in [-0.2, 0) is 0 Å². The Kier molecular flexibility index (Phi) is 3.56. The lowest BCUT2D eigenvalue weighted by Crippen LogP contribution is -2.03. The van der Waals surface area contributed by atoms with E-state index in [-0.39, 0.29) is 0 Å². The van der Waals surface area contributed by atoms with Crippen molar-refractivity contribution in [2.45, 2.75) is 20.8 Å². The Morgan fingerprint density at radius 2 is 1.74 bits per heavy atom. The maximum Gasteiger partial charge on any atom is 0.337 e. The SMILES string of the molecule is Cc1ccc(Nc2ccc(C)c(C)c2)c(C(=O)O)c1. The fraction of sp³-hybridized carbons (Fsp3) is 0.188. The fourth-order valence-electron chi connectivity index (χ4n) is 1.92. The minimum Gasteiger partial charge on any atom is -0.478 e. The van der Waals surface area contributed by atoms with Crippen molar-refractivity contribution in [1.82, 2.24) is 0 Å². The topological polar surface area (TPSA) is 49.3 Å². The van der Waals surface area contributed by atoms with E-state index in [1.807, 2.05) is 45.0 Å². The van der Waals surface area contributed by atoms with Gasteiger partial charge in [0.15, 0.2) is 0 Å². The first kappa shape index (κ1) is 13.1. The lowest BCUT2D eigenvalue weighted by atomic mass is 10.1. The summed E-state index contributed by atoms with van der Waals surface area (Å²) in [6, 6.07) is 11.4. The van der Waals surface area contributed by atoms with E-state index in [2.05, 4.69) is 5.32 Å². The van der Waals surface area contributed by atoms with Crippen molar-refractivity contribution in [2.24, 2.45) is 0 Å². The van der Waals surface area contributed by atoms with Crippen LogP contribution in [-0.4, -0.2) is 11.1 Å². The molecule has 0 aliphatic carbocycles. The average molecular weight is 255 g/mol. The molecule has 0 aromatic heterocycles. The van der Waals surface area contributed by atoms with Gasteiger partial charge in [-0.1, -0.05) is 17.7 Å². The van der Waals surface area contributed by atoms with Gasteiger partial charge in [0.1, 0.15) is 0 Å². The van der Waals surface area contributed by atoms with Crippen LogP contribution in [0, 0.1) is 20.8 Å². The molecule has 0 spiro atoms. The number of hydrogen-bond acceptors (Lipinski definition) is 2. The summed E-state index contributed by atoms with van der Waals surface area (Å²) < 4.78 is 0. The highest BCUT2D eigenvalue weighted by atomic mass is 16.4. The smallest absolute Gasteiger partial charge is 0.337 e. The van der Waals surface area contributed by atoms with Crippen LogP contribution in [0.15, 0.2) is 36.4 Å². The maximum absolute atomic E-state index is 11.2. The first-order valence-electron chi connectivity index (χ1n) is 6.15. The van der Waals surface area contributed by atoms with E-state index >= 15 is 0 Å². The molecule has 0 heterocycles. The summed E-state index contributed by atoms with van der Waals surface area (Å²) in [6.07, 6.45) is 0. The number of anilines is 2. The van der Waals surface area contributed by atoms with E-state index in [1.54, 1.807) is 12.1 Å². The number of carboxylic acids is 1. The molecule has 0 fully saturated rings. The van der Waals surface area contributed by atoms with Crippen LogP contribution in [0.5, 0.6) is 0 Å². The van der Waals surface area contributed by atoms with Gasteiger partial charge in [-0.3, -0.25) is 0 Å². The molecule has 0 aliphatic rings. The molecule has 19 heavy (non-hydrogen) atoms. The van der Waals surface area contributed by atoms with Crippen LogP contribution in [0.25, 0.3) is 0 Å². The molecule has 0 unspecified atom stereocenters. The molecule has 2 rings (SSSR count). The van der Waals surface area contributed by atoms with Gasteiger partial charge in [-0.25, -0.2) is 4.79 Å². The second kappa shape index (κ2) is 5.14. The van der Waals surface area contributed by atoms with Crippen LogP contribution in [0.1, 0.15) is 27.0 Å². The Morgan fingerprint density at radius 3 is 2.37 bits per heavy atom. The van der Waals surface area contributed by atoms with Gasteiger partial charge < -0.3 is 10.4 Å². The lowest BCUT2D eigenvalue weighted by Gasteiger charge is -2.11. The highest BCUT2D eigenvalue weighted by Gasteiger charge is 2.10. The van der Waals surface area contributed by atoms with Crippen LogP contribution in [0.4, 0.5) is 11.4 Å². The van der Waals surface area contributed by atoms with Crippen LogP contribution >= 0.6 is 0 Å². The highest BCUT2D eigenvalue weighted by Crippen LogP contribution is 2.23. The Labute approximate surface area is 112 Å². The summed E-state index contributed by atoms with van der Waals surface area (Å²) in [6.45, 7) is 5.97. The molecule has 0 saturated heterocycles. The van der Waals surface area contributed by atoms with Gasteiger partial charge in [0.2, 0.25) is 0 Å². The molecule has 0 saturated carbocycles. The molecule has 2 aromatic carbocycles. The number of carboxylic acid groups (broad SMARTS) is 1. The Balaban J connectivity index is 2.37. The summed E-state index contributed by atoms with van der Waals surface area (Å²) >= 11 is 0. The summed E-state index contributed by atoms with van der Waals surface area (Å²) in [5, 5.41) is 12.4. The number of rotatable bonds is 3. The summed E-state index contributed by atoms with van der Waals surface area (Å²) in [5.41, 5.74) is 5.12. The van der Waals surface area contributed by atoms with Crippen molar-refractivity contribution >= 4 is 17.3 Å². The number of aryl methyl sites for hydroxylation is 3. The molecule has 98 valence electrons. The number of benzene rings is 2. The summed E-state index contributed by atoms with van der Waals surface area (Å²) in [5.74, 6) is -0.921. The van der Waals surface area contributed by atoms with Crippen molar-refractivity contribution in [3.8, 4) is 0 Å². The van der Waals surface area contributed by atoms with Crippen molar-refractivity contribution in [3.63, 3.8) is 0 Å². The number of hydrogen-bond donors (Lipinski definition) is 2. The van der Waals surface area contributed by atoms with Crippen molar-refractivity contribution < 1.29 is 9.90 Å². The Hall–Kier alpha value is -2.29. The average Bonchev–Trinajstić information content (AvgIpc) is 2.36. The van der Waals surface area contributed by atoms with Crippen molar-refractivity contribution in [2.75, 3.05) is 5.32 Å². The van der Waals surface area contributed by atoms with Crippen LogP contribution in [0.2, 0.25) is 0 Å². The monoisotopic (exact) mass is 255 g/mol. The van der Waals surface area contributed by atoms with E-state index in [0.29, 0.717) is 11.3 Å². The molecular formula is C16H17NO2. The predicted molar refractivity (Wildman–Crippen MR) is 77.3 cm³/mol. The highest BCUT2D eigenvalue weighted by molar-refractivity contribution is 5.95. The predicted octanol–water partition coefficient (Wildman–Crippen LogP) is 4.05. The molecule has 0 bridgehead atoms. The van der Waals surface area contributed by atoms with Gasteiger partial charge in [-0.05, 0) is 56.2 Å². The standard InChI is InChI=1S/C16H17NO2/c1-10-4-7-15(14(8-10)16(18)19)17-13-6-5-11(2)12(3)9-13/h4-9,17H,1-3H3,(H,18,19). The number of carbonyl (C=O) groups is 1. The molecule has 3 nitrogen and oxygen atoms in total. The van der Waals surface area contributed by atoms with Crippen LogP contribution < -0.4 is 5.32 Å². The van der Waals surface area contributed by atoms with Gasteiger partial charge in [-0.15, -0.1) is 0 Å². The summed E-state index contributed by atoms with van der Waals surface area (Å²) in [4.78, 5) is 11.2. The lowest BCUT2D eigenvalue weighted by molar-refractivity contribution is 0.0698. The van der Waals surface area contributed by atoms with Gasteiger partial charge in [0.25, 0.3) is 0 Å². The molecule has 2 aromatic rings. The third-order valence-electron chi connectivity index (χ3n) is 3.19. The fourth-order valence-corrected chi connectivity index (χ4v) is 1.92. The largest absolute Gasteiger partial charge is 0.478 e. The van der Waals surface area contributed by atoms with E-state index in [9.17, 15) is 9.90 Å². The molecule has 0 aliphatic heterocycles. The third-order valence-corrected chi connectivity index (χ3v) is 3.19. The van der Waals surface area contributed by atoms with Crippen molar-refractivity contribution in [1.29, 1.82) is 0 Å². The van der Waals surface area contributed by atoms with Gasteiger partial charge in [0, 0.05) is 5.69 Å². The second-order valence-corrected chi connectivity index (χ2v) is 4.78. The molecule has 2 N–H and O–H groups in total. The quantitative estimate of drug-likeness (QED) is 0.869. The zero-order valence-electron chi connectivity index (χ0n) is 11.3. The summed E-state index contributed by atoms with van der Waals surface area (Å²) in [7, 11) is 0. The zero-order valence-corrected chi connectivity index (χ0v) is 11.3. The van der Waals surface area contributed by atoms with Crippen LogP contribution in [0.3, 0.4) is 0 Å². The first-order valence-corrected chi connectivity index (χ1v) is 6.15. The van der Waals surface area contributed by atoms with E-state index < -0.39 is 5.97 Å². The second-order valence-electron chi connectivity index (χ2n) is 4.78. The van der Waals surface area contributed by atoms with Crippen molar-refractivity contribution in [3.05, 3.63) is 58.7 Å². The minimum atomic E-state index is -0.921. The Bertz CT molecular complexity index is 633. The van der Waals surface area contributed by atoms with Gasteiger partial charge in [0.05, 0.1) is 11.3 Å². The van der Waals surface area contributed by atoms with Gasteiger partial charge >= 0.3 is 5.97 Å². The number of nitrogens with one attached hydrogen (secondary N) is 1. The number of aromatic carboxylic acids is 1. The van der Waals surface area contributed by atoms with E-state index in [0.717, 1.165) is 11.3 Å².